The van der Waals surface area contributed by atoms with E-state index in [1.807, 2.05) is 0 Å². The van der Waals surface area contributed by atoms with Gasteiger partial charge < -0.3 is 24.8 Å². The SMILES string of the molecule is CCCC1=C=C(CNc2cccc3cccc(C)c23)N=C(OCC2CCCN2C)N=C1N1CCN(C(=O)/C=C/CF)CC1. The molecule has 3 aliphatic heterocycles. The first-order valence-electron chi connectivity index (χ1n) is 15.4. The fourth-order valence-electron chi connectivity index (χ4n) is 6.00. The van der Waals surface area contributed by atoms with Crippen molar-refractivity contribution in [3.63, 3.8) is 0 Å². The molecule has 228 valence electrons. The van der Waals surface area contributed by atoms with Gasteiger partial charge in [0.05, 0.1) is 6.54 Å². The molecule has 0 aliphatic carbocycles. The van der Waals surface area contributed by atoms with Crippen LogP contribution in [-0.4, -0.2) is 98.1 Å². The second-order valence-electron chi connectivity index (χ2n) is 11.4. The van der Waals surface area contributed by atoms with Crippen LogP contribution >= 0.6 is 0 Å². The molecule has 2 fully saturated rings. The van der Waals surface area contributed by atoms with E-state index in [1.165, 1.54) is 28.5 Å². The summed E-state index contributed by atoms with van der Waals surface area (Å²) in [5.74, 6) is 0.649. The van der Waals surface area contributed by atoms with E-state index >= 15 is 0 Å². The maximum absolute atomic E-state index is 12.5. The topological polar surface area (TPSA) is 72.8 Å². The highest BCUT2D eigenvalue weighted by Crippen LogP contribution is 2.27. The normalized spacial score (nSPS) is 19.7. The summed E-state index contributed by atoms with van der Waals surface area (Å²) in [4.78, 5) is 28.6. The number of aliphatic imine (C=N–C) groups is 2. The molecular weight excluding hydrogens is 543 g/mol. The van der Waals surface area contributed by atoms with Gasteiger partial charge in [-0.1, -0.05) is 49.4 Å². The number of fused-ring (bicyclic) bond motifs is 1. The summed E-state index contributed by atoms with van der Waals surface area (Å²) in [5, 5.41) is 6.01. The highest BCUT2D eigenvalue weighted by molar-refractivity contribution is 6.05. The third kappa shape index (κ3) is 7.53. The highest BCUT2D eigenvalue weighted by atomic mass is 19.1. The summed E-state index contributed by atoms with van der Waals surface area (Å²) in [7, 11) is 2.14. The molecule has 2 aromatic rings. The van der Waals surface area contributed by atoms with E-state index in [0.29, 0.717) is 51.4 Å². The van der Waals surface area contributed by atoms with Crippen molar-refractivity contribution >= 4 is 34.2 Å². The summed E-state index contributed by atoms with van der Waals surface area (Å²) >= 11 is 0. The number of amides is 1. The number of hydrogen-bond donors (Lipinski definition) is 1. The minimum atomic E-state index is -0.643. The largest absolute Gasteiger partial charge is 0.462 e. The van der Waals surface area contributed by atoms with Crippen molar-refractivity contribution in [1.82, 2.24) is 14.7 Å². The Labute approximate surface area is 254 Å². The number of ether oxygens (including phenoxy) is 1. The van der Waals surface area contributed by atoms with Crippen LogP contribution in [0.4, 0.5) is 10.1 Å². The summed E-state index contributed by atoms with van der Waals surface area (Å²) in [6.45, 7) is 8.01. The number of rotatable bonds is 9. The molecule has 43 heavy (non-hydrogen) atoms. The van der Waals surface area contributed by atoms with Gasteiger partial charge in [0, 0.05) is 54.9 Å². The van der Waals surface area contributed by atoms with Crippen LogP contribution in [0.25, 0.3) is 10.8 Å². The Balaban J connectivity index is 1.42. The molecule has 3 heterocycles. The Bertz CT molecular complexity index is 1460. The molecule has 0 radical (unpaired) electrons. The molecular formula is C34H43FN6O2. The molecule has 1 atom stereocenters. The van der Waals surface area contributed by atoms with Crippen LogP contribution in [0.1, 0.15) is 38.2 Å². The number of carbonyl (C=O) groups is 1. The van der Waals surface area contributed by atoms with Crippen LogP contribution in [0.5, 0.6) is 0 Å². The number of allylic oxidation sites excluding steroid dienone is 1. The number of anilines is 1. The summed E-state index contributed by atoms with van der Waals surface area (Å²) in [6.07, 6.45) is 6.56. The fourth-order valence-corrected chi connectivity index (χ4v) is 6.00. The lowest BCUT2D eigenvalue weighted by Gasteiger charge is -2.36. The third-order valence-electron chi connectivity index (χ3n) is 8.37. The molecule has 0 aromatic heterocycles. The standard InChI is InChI=1S/C34H43FN6O2/c1-4-9-27-22-28(23-36-30-14-6-12-26-11-5-10-25(2)32(26)30)37-34(43-24-29-13-8-17-39(29)3)38-33(27)41-20-18-40(19-21-41)31(42)15-7-16-35/h5-7,10-12,14-15,29,36H,4,8-9,13,16-21,23-24H2,1-3H3/b15-7+. The Kier molecular flexibility index (Phi) is 10.3. The third-order valence-corrected chi connectivity index (χ3v) is 8.37. The molecule has 0 saturated carbocycles. The number of carbonyl (C=O) groups excluding carboxylic acids is 1. The Morgan fingerprint density at radius 2 is 1.93 bits per heavy atom. The van der Waals surface area contributed by atoms with E-state index in [-0.39, 0.29) is 5.91 Å². The number of benzene rings is 2. The van der Waals surface area contributed by atoms with Crippen LogP contribution in [0.3, 0.4) is 0 Å². The van der Waals surface area contributed by atoms with Gasteiger partial charge in [-0.2, -0.15) is 9.98 Å². The predicted molar refractivity (Wildman–Crippen MR) is 172 cm³/mol. The van der Waals surface area contributed by atoms with Gasteiger partial charge in [0.15, 0.2) is 0 Å². The van der Waals surface area contributed by atoms with Gasteiger partial charge in [-0.15, -0.1) is 0 Å². The van der Waals surface area contributed by atoms with E-state index in [9.17, 15) is 9.18 Å². The zero-order valence-electron chi connectivity index (χ0n) is 25.6. The number of amidine groups is 2. The molecule has 1 unspecified atom stereocenters. The monoisotopic (exact) mass is 586 g/mol. The molecule has 9 heteroatoms. The molecule has 1 N–H and O–H groups in total. The number of hydrogen-bond acceptors (Lipinski definition) is 7. The lowest BCUT2D eigenvalue weighted by molar-refractivity contribution is -0.127. The van der Waals surface area contributed by atoms with Crippen molar-refractivity contribution in [3.8, 4) is 0 Å². The summed E-state index contributed by atoms with van der Waals surface area (Å²) < 4.78 is 18.9. The van der Waals surface area contributed by atoms with Gasteiger partial charge in [0.25, 0.3) is 0 Å². The van der Waals surface area contributed by atoms with Crippen molar-refractivity contribution in [1.29, 1.82) is 0 Å². The second kappa shape index (κ2) is 14.5. The number of aryl methyl sites for hydroxylation is 1. The number of halogens is 1. The van der Waals surface area contributed by atoms with Crippen LogP contribution in [-0.2, 0) is 9.53 Å². The van der Waals surface area contributed by atoms with Gasteiger partial charge in [-0.05, 0) is 62.9 Å². The molecule has 3 aliphatic rings. The van der Waals surface area contributed by atoms with Crippen LogP contribution in [0.15, 0.2) is 75.5 Å². The minimum Gasteiger partial charge on any atom is -0.462 e. The smallest absolute Gasteiger partial charge is 0.319 e. The Morgan fingerprint density at radius 3 is 2.65 bits per heavy atom. The molecule has 0 bridgehead atoms. The second-order valence-corrected chi connectivity index (χ2v) is 11.4. The maximum Gasteiger partial charge on any atom is 0.319 e. The zero-order valence-corrected chi connectivity index (χ0v) is 25.6. The maximum atomic E-state index is 12.5. The first-order valence-corrected chi connectivity index (χ1v) is 15.4. The van der Waals surface area contributed by atoms with Gasteiger partial charge in [-0.25, -0.2) is 4.39 Å². The average molecular weight is 587 g/mol. The van der Waals surface area contributed by atoms with E-state index in [0.717, 1.165) is 55.0 Å². The number of piperazine rings is 1. The van der Waals surface area contributed by atoms with Crippen molar-refractivity contribution in [2.45, 2.75) is 45.6 Å². The quantitative estimate of drug-likeness (QED) is 0.318. The van der Waals surface area contributed by atoms with Gasteiger partial charge >= 0.3 is 6.02 Å². The van der Waals surface area contributed by atoms with Crippen LogP contribution in [0, 0.1) is 6.92 Å². The van der Waals surface area contributed by atoms with Crippen LogP contribution in [0.2, 0.25) is 0 Å². The summed E-state index contributed by atoms with van der Waals surface area (Å²) in [5.41, 5.74) is 7.62. The van der Waals surface area contributed by atoms with E-state index in [2.05, 4.69) is 78.1 Å². The lowest BCUT2D eigenvalue weighted by atomic mass is 10.0. The predicted octanol–water partition coefficient (Wildman–Crippen LogP) is 5.32. The Hall–Kier alpha value is -3.94. The van der Waals surface area contributed by atoms with Crippen molar-refractivity contribution in [3.05, 3.63) is 71.1 Å². The number of alkyl halides is 1. The van der Waals surface area contributed by atoms with E-state index in [4.69, 9.17) is 14.7 Å². The van der Waals surface area contributed by atoms with E-state index in [1.54, 1.807) is 4.90 Å². The summed E-state index contributed by atoms with van der Waals surface area (Å²) in [6, 6.07) is 13.3. The molecule has 2 saturated heterocycles. The van der Waals surface area contributed by atoms with Gasteiger partial charge in [0.1, 0.15) is 24.8 Å². The Morgan fingerprint density at radius 1 is 1.14 bits per heavy atom. The molecule has 1 amide bonds. The number of nitrogens with one attached hydrogen (secondary N) is 1. The van der Waals surface area contributed by atoms with Crippen molar-refractivity contribution in [2.24, 2.45) is 9.98 Å². The molecule has 8 nitrogen and oxygen atoms in total. The highest BCUT2D eigenvalue weighted by Gasteiger charge is 2.27. The lowest BCUT2D eigenvalue weighted by Crippen LogP contribution is -2.50. The fraction of sp³-hybridized carbons (Fsp3) is 0.471. The minimum absolute atomic E-state index is 0.160. The average Bonchev–Trinajstić information content (AvgIpc) is 3.35. The molecule has 5 rings (SSSR count). The van der Waals surface area contributed by atoms with Crippen molar-refractivity contribution < 1.29 is 13.9 Å². The van der Waals surface area contributed by atoms with Gasteiger partial charge in [-0.3, -0.25) is 4.79 Å². The van der Waals surface area contributed by atoms with Crippen LogP contribution < -0.4 is 5.32 Å². The number of nitrogens with zero attached hydrogens (tertiary/aromatic N) is 5. The first kappa shape index (κ1) is 30.5. The molecule has 0 spiro atoms. The molecule has 2 aromatic carbocycles. The van der Waals surface area contributed by atoms with Gasteiger partial charge in [0.2, 0.25) is 5.91 Å². The first-order chi connectivity index (χ1) is 21.0. The number of likely N-dealkylation sites (N-methyl/N-ethyl adjacent to an activating group) is 1. The van der Waals surface area contributed by atoms with Crippen molar-refractivity contribution in [2.75, 3.05) is 64.9 Å². The van der Waals surface area contributed by atoms with E-state index < -0.39 is 6.67 Å². The number of likely N-dealkylation sites (tertiary alicyclic amines) is 1. The zero-order chi connectivity index (χ0) is 30.2.